The van der Waals surface area contributed by atoms with E-state index in [0.717, 1.165) is 24.8 Å². The van der Waals surface area contributed by atoms with Gasteiger partial charge in [0.2, 0.25) is 5.82 Å². The van der Waals surface area contributed by atoms with Crippen LogP contribution in [-0.4, -0.2) is 34.0 Å². The normalized spacial score (nSPS) is 16.1. The van der Waals surface area contributed by atoms with Gasteiger partial charge in [-0.15, -0.1) is 0 Å². The van der Waals surface area contributed by atoms with E-state index < -0.39 is 0 Å². The van der Waals surface area contributed by atoms with Crippen LogP contribution in [0.25, 0.3) is 22.8 Å². The van der Waals surface area contributed by atoms with E-state index in [-0.39, 0.29) is 18.2 Å². The number of nitriles is 1. The zero-order valence-electron chi connectivity index (χ0n) is 18.6. The van der Waals surface area contributed by atoms with E-state index in [1.165, 1.54) is 11.1 Å². The van der Waals surface area contributed by atoms with Crippen LogP contribution in [0.4, 0.5) is 0 Å². The molecule has 0 bridgehead atoms. The minimum absolute atomic E-state index is 0.0216. The SMILES string of the molecule is CC[C@@H](O)CNC1CCc2c(-c3noc(-c4ccc(OC(C)C)c(C#N)c4)n3)cccc21. The largest absolute Gasteiger partial charge is 0.490 e. The first-order valence-corrected chi connectivity index (χ1v) is 11.1. The van der Waals surface area contributed by atoms with Crippen molar-refractivity contribution < 1.29 is 14.4 Å². The Kier molecular flexibility index (Phi) is 6.54. The van der Waals surface area contributed by atoms with Gasteiger partial charge < -0.3 is 19.7 Å². The molecule has 1 aliphatic carbocycles. The lowest BCUT2D eigenvalue weighted by Crippen LogP contribution is -2.28. The predicted octanol–water partition coefficient (Wildman–Crippen LogP) is 4.41. The van der Waals surface area contributed by atoms with Crippen LogP contribution in [0, 0.1) is 11.3 Å². The average Bonchev–Trinajstić information content (AvgIpc) is 3.44. The van der Waals surface area contributed by atoms with E-state index in [0.29, 0.717) is 35.1 Å². The van der Waals surface area contributed by atoms with Crippen molar-refractivity contribution in [2.24, 2.45) is 0 Å². The van der Waals surface area contributed by atoms with Gasteiger partial charge in [0.05, 0.1) is 17.8 Å². The maximum absolute atomic E-state index is 9.88. The van der Waals surface area contributed by atoms with Gasteiger partial charge in [-0.25, -0.2) is 0 Å². The highest BCUT2D eigenvalue weighted by Gasteiger charge is 2.26. The van der Waals surface area contributed by atoms with E-state index in [1.54, 1.807) is 12.1 Å². The summed E-state index contributed by atoms with van der Waals surface area (Å²) in [5.41, 5.74) is 4.50. The summed E-state index contributed by atoms with van der Waals surface area (Å²) >= 11 is 0. The van der Waals surface area contributed by atoms with E-state index in [4.69, 9.17) is 9.26 Å². The molecule has 1 aliphatic rings. The number of fused-ring (bicyclic) bond motifs is 1. The topological polar surface area (TPSA) is 104 Å². The van der Waals surface area contributed by atoms with Crippen LogP contribution in [0.5, 0.6) is 5.75 Å². The lowest BCUT2D eigenvalue weighted by molar-refractivity contribution is 0.163. The molecule has 2 atom stereocenters. The van der Waals surface area contributed by atoms with Gasteiger partial charge in [-0.2, -0.15) is 10.2 Å². The number of aliphatic hydroxyl groups excluding tert-OH is 1. The Morgan fingerprint density at radius 2 is 2.16 bits per heavy atom. The third kappa shape index (κ3) is 4.52. The summed E-state index contributed by atoms with van der Waals surface area (Å²) in [6.07, 6.45) is 2.26. The number of nitrogens with zero attached hydrogens (tertiary/aromatic N) is 3. The Morgan fingerprint density at radius 3 is 2.91 bits per heavy atom. The molecule has 7 nitrogen and oxygen atoms in total. The molecule has 2 aromatic carbocycles. The number of rotatable bonds is 8. The quantitative estimate of drug-likeness (QED) is 0.543. The van der Waals surface area contributed by atoms with Gasteiger partial charge in [0.25, 0.3) is 5.89 Å². The Hall–Kier alpha value is -3.21. The second kappa shape index (κ2) is 9.51. The van der Waals surface area contributed by atoms with Gasteiger partial charge in [-0.1, -0.05) is 30.3 Å². The second-order valence-corrected chi connectivity index (χ2v) is 8.35. The summed E-state index contributed by atoms with van der Waals surface area (Å²) in [6, 6.07) is 13.8. The molecule has 0 saturated carbocycles. The fourth-order valence-corrected chi connectivity index (χ4v) is 4.06. The molecule has 0 radical (unpaired) electrons. The standard InChI is InChI=1S/C25H28N4O3/c1-4-18(30)14-27-22-10-9-19-20(22)6-5-7-21(19)24-28-25(32-29-24)16-8-11-23(31-15(2)3)17(12-16)13-26/h5-8,11-12,15,18,22,27,30H,4,9-10,14H2,1-3H3/t18-,22?/m1/s1. The first-order valence-electron chi connectivity index (χ1n) is 11.1. The highest BCUT2D eigenvalue weighted by Crippen LogP contribution is 2.37. The van der Waals surface area contributed by atoms with Crippen LogP contribution in [0.1, 0.15) is 56.3 Å². The van der Waals surface area contributed by atoms with Gasteiger partial charge in [0.15, 0.2) is 0 Å². The van der Waals surface area contributed by atoms with E-state index >= 15 is 0 Å². The minimum atomic E-state index is -0.336. The smallest absolute Gasteiger partial charge is 0.258 e. The number of aliphatic hydroxyl groups is 1. The maximum Gasteiger partial charge on any atom is 0.258 e. The molecule has 166 valence electrons. The third-order valence-electron chi connectivity index (χ3n) is 5.72. The van der Waals surface area contributed by atoms with Gasteiger partial charge in [0.1, 0.15) is 11.8 Å². The Bertz CT molecular complexity index is 1130. The van der Waals surface area contributed by atoms with Crippen molar-refractivity contribution in [2.75, 3.05) is 6.54 Å². The van der Waals surface area contributed by atoms with Crippen LogP contribution < -0.4 is 10.1 Å². The molecule has 1 heterocycles. The summed E-state index contributed by atoms with van der Waals surface area (Å²) in [6.45, 7) is 6.40. The lowest BCUT2D eigenvalue weighted by atomic mass is 10.0. The molecule has 3 aromatic rings. The highest BCUT2D eigenvalue weighted by molar-refractivity contribution is 5.67. The van der Waals surface area contributed by atoms with Crippen molar-refractivity contribution in [1.82, 2.24) is 15.5 Å². The summed E-state index contributed by atoms with van der Waals surface area (Å²) in [7, 11) is 0. The monoisotopic (exact) mass is 432 g/mol. The van der Waals surface area contributed by atoms with Crippen molar-refractivity contribution >= 4 is 0 Å². The number of aromatic nitrogens is 2. The van der Waals surface area contributed by atoms with Gasteiger partial charge in [0, 0.05) is 23.7 Å². The van der Waals surface area contributed by atoms with Crippen LogP contribution in [0.15, 0.2) is 40.9 Å². The van der Waals surface area contributed by atoms with E-state index in [9.17, 15) is 10.4 Å². The van der Waals surface area contributed by atoms with Crippen LogP contribution in [0.2, 0.25) is 0 Å². The molecule has 4 rings (SSSR count). The number of hydrogen-bond donors (Lipinski definition) is 2. The number of nitrogens with one attached hydrogen (secondary N) is 1. The maximum atomic E-state index is 9.88. The summed E-state index contributed by atoms with van der Waals surface area (Å²) in [5.74, 6) is 1.44. The zero-order chi connectivity index (χ0) is 22.7. The van der Waals surface area contributed by atoms with Crippen LogP contribution in [-0.2, 0) is 6.42 Å². The van der Waals surface area contributed by atoms with Crippen molar-refractivity contribution in [1.29, 1.82) is 5.26 Å². The van der Waals surface area contributed by atoms with Crippen LogP contribution >= 0.6 is 0 Å². The van der Waals surface area contributed by atoms with Gasteiger partial charge >= 0.3 is 0 Å². The predicted molar refractivity (Wildman–Crippen MR) is 121 cm³/mol. The summed E-state index contributed by atoms with van der Waals surface area (Å²) in [5, 5.41) is 27.1. The molecule has 0 saturated heterocycles. The van der Waals surface area contributed by atoms with Crippen molar-refractivity contribution in [3.8, 4) is 34.7 Å². The van der Waals surface area contributed by atoms with Crippen molar-refractivity contribution in [3.63, 3.8) is 0 Å². The molecule has 0 spiro atoms. The Morgan fingerprint density at radius 1 is 1.31 bits per heavy atom. The third-order valence-corrected chi connectivity index (χ3v) is 5.72. The zero-order valence-corrected chi connectivity index (χ0v) is 18.6. The molecule has 0 fully saturated rings. The van der Waals surface area contributed by atoms with E-state index in [1.807, 2.05) is 39.0 Å². The Labute approximate surface area is 188 Å². The van der Waals surface area contributed by atoms with E-state index in [2.05, 4.69) is 27.6 Å². The lowest BCUT2D eigenvalue weighted by Gasteiger charge is -2.16. The second-order valence-electron chi connectivity index (χ2n) is 8.35. The molecule has 0 amide bonds. The van der Waals surface area contributed by atoms with Crippen LogP contribution in [0.3, 0.4) is 0 Å². The fourth-order valence-electron chi connectivity index (χ4n) is 4.06. The molecular formula is C25H28N4O3. The molecule has 32 heavy (non-hydrogen) atoms. The molecule has 2 N–H and O–H groups in total. The average molecular weight is 433 g/mol. The number of hydrogen-bond acceptors (Lipinski definition) is 7. The molecular weight excluding hydrogens is 404 g/mol. The minimum Gasteiger partial charge on any atom is -0.490 e. The first kappa shape index (κ1) is 22.0. The highest BCUT2D eigenvalue weighted by atomic mass is 16.5. The summed E-state index contributed by atoms with van der Waals surface area (Å²) in [4.78, 5) is 4.62. The molecule has 1 aromatic heterocycles. The fraction of sp³-hybridized carbons (Fsp3) is 0.400. The first-order chi connectivity index (χ1) is 15.5. The van der Waals surface area contributed by atoms with Crippen molar-refractivity contribution in [2.45, 2.75) is 58.3 Å². The molecule has 7 heteroatoms. The van der Waals surface area contributed by atoms with Gasteiger partial charge in [-0.05, 0) is 62.4 Å². The summed E-state index contributed by atoms with van der Waals surface area (Å²) < 4.78 is 11.2. The van der Waals surface area contributed by atoms with Crippen molar-refractivity contribution in [3.05, 3.63) is 53.1 Å². The number of benzene rings is 2. The molecule has 1 unspecified atom stereocenters. The Balaban J connectivity index is 1.59. The number of ether oxygens (including phenoxy) is 1. The van der Waals surface area contributed by atoms with Gasteiger partial charge in [-0.3, -0.25) is 0 Å². The molecule has 0 aliphatic heterocycles.